The van der Waals surface area contributed by atoms with Crippen LogP contribution in [0.3, 0.4) is 0 Å². The molecule has 31 heavy (non-hydrogen) atoms. The maximum Gasteiger partial charge on any atom is 0.263 e. The number of nitrogens with one attached hydrogen (secondary N) is 1. The molecule has 0 unspecified atom stereocenters. The fourth-order valence-electron chi connectivity index (χ4n) is 3.88. The molecule has 0 spiro atoms. The van der Waals surface area contributed by atoms with E-state index in [1.54, 1.807) is 0 Å². The van der Waals surface area contributed by atoms with Crippen LogP contribution in [0.25, 0.3) is 32.1 Å². The highest BCUT2D eigenvalue weighted by Gasteiger charge is 2.18. The standard InChI is InChI=1S/C25H19N3O2S/c1-16-22(18-9-3-2-4-10-18)23-24(31-16)26-15-28(25(23)30)14-21(29)27-20-13-7-11-17-8-5-6-12-19(17)20/h2-13,15H,14H2,1H3,(H,27,29). The van der Waals surface area contributed by atoms with Gasteiger partial charge in [0.15, 0.2) is 0 Å². The Hall–Kier alpha value is -3.77. The van der Waals surface area contributed by atoms with Crippen LogP contribution in [0.1, 0.15) is 4.88 Å². The average Bonchev–Trinajstić information content (AvgIpc) is 3.13. The fraction of sp³-hybridized carbons (Fsp3) is 0.0800. The third-order valence-corrected chi connectivity index (χ3v) is 6.31. The third kappa shape index (κ3) is 3.51. The number of nitrogens with zero attached hydrogens (tertiary/aromatic N) is 2. The van der Waals surface area contributed by atoms with Crippen molar-refractivity contribution in [1.29, 1.82) is 0 Å². The zero-order valence-corrected chi connectivity index (χ0v) is 17.6. The predicted octanol–water partition coefficient (Wildman–Crippen LogP) is 5.23. The van der Waals surface area contributed by atoms with Gasteiger partial charge in [0.25, 0.3) is 5.56 Å². The van der Waals surface area contributed by atoms with Gasteiger partial charge in [-0.15, -0.1) is 11.3 Å². The van der Waals surface area contributed by atoms with Crippen LogP contribution in [0.4, 0.5) is 5.69 Å². The van der Waals surface area contributed by atoms with Crippen molar-refractivity contribution in [3.05, 3.63) is 94.4 Å². The fourth-order valence-corrected chi connectivity index (χ4v) is 4.88. The van der Waals surface area contributed by atoms with Gasteiger partial charge in [0.2, 0.25) is 5.91 Å². The molecule has 0 bridgehead atoms. The molecule has 2 aromatic heterocycles. The van der Waals surface area contributed by atoms with Crippen molar-refractivity contribution in [3.63, 3.8) is 0 Å². The number of hydrogen-bond donors (Lipinski definition) is 1. The lowest BCUT2D eigenvalue weighted by Crippen LogP contribution is -2.27. The summed E-state index contributed by atoms with van der Waals surface area (Å²) in [6, 6.07) is 23.4. The van der Waals surface area contributed by atoms with Crippen LogP contribution in [0.2, 0.25) is 0 Å². The highest BCUT2D eigenvalue weighted by Crippen LogP contribution is 2.35. The van der Waals surface area contributed by atoms with Crippen molar-refractivity contribution >= 4 is 43.9 Å². The number of thiophene rings is 1. The van der Waals surface area contributed by atoms with Gasteiger partial charge >= 0.3 is 0 Å². The van der Waals surface area contributed by atoms with Crippen molar-refractivity contribution in [2.24, 2.45) is 0 Å². The molecule has 0 radical (unpaired) electrons. The van der Waals surface area contributed by atoms with Crippen LogP contribution < -0.4 is 10.9 Å². The number of rotatable bonds is 4. The second-order valence-corrected chi connectivity index (χ2v) is 8.54. The molecule has 1 amide bonds. The minimum Gasteiger partial charge on any atom is -0.324 e. The van der Waals surface area contributed by atoms with Crippen molar-refractivity contribution in [1.82, 2.24) is 9.55 Å². The Morgan fingerprint density at radius 2 is 1.74 bits per heavy atom. The Morgan fingerprint density at radius 1 is 1.00 bits per heavy atom. The Balaban J connectivity index is 1.50. The summed E-state index contributed by atoms with van der Waals surface area (Å²) in [4.78, 5) is 32.2. The molecule has 0 saturated carbocycles. The molecule has 0 atom stereocenters. The van der Waals surface area contributed by atoms with Gasteiger partial charge in [-0.25, -0.2) is 4.98 Å². The molecule has 0 aliphatic rings. The average molecular weight is 426 g/mol. The van der Waals surface area contributed by atoms with E-state index in [2.05, 4.69) is 10.3 Å². The molecular weight excluding hydrogens is 406 g/mol. The maximum absolute atomic E-state index is 13.3. The normalized spacial score (nSPS) is 11.1. The first-order chi connectivity index (χ1) is 15.1. The molecule has 5 nitrogen and oxygen atoms in total. The lowest BCUT2D eigenvalue weighted by atomic mass is 10.0. The number of carbonyl (C=O) groups is 1. The van der Waals surface area contributed by atoms with E-state index in [1.165, 1.54) is 22.2 Å². The molecule has 1 N–H and O–H groups in total. The van der Waals surface area contributed by atoms with Crippen LogP contribution in [-0.4, -0.2) is 15.5 Å². The number of fused-ring (bicyclic) bond motifs is 2. The van der Waals surface area contributed by atoms with E-state index in [1.807, 2.05) is 79.7 Å². The van der Waals surface area contributed by atoms with Gasteiger partial charge in [-0.3, -0.25) is 14.2 Å². The summed E-state index contributed by atoms with van der Waals surface area (Å²) in [6.45, 7) is 1.89. The first-order valence-corrected chi connectivity index (χ1v) is 10.7. The zero-order valence-electron chi connectivity index (χ0n) is 16.8. The van der Waals surface area contributed by atoms with Gasteiger partial charge in [-0.2, -0.15) is 0 Å². The molecule has 5 aromatic rings. The smallest absolute Gasteiger partial charge is 0.263 e. The first-order valence-electron chi connectivity index (χ1n) is 9.93. The second kappa shape index (κ2) is 7.81. The number of aryl methyl sites for hydroxylation is 1. The van der Waals surface area contributed by atoms with Crippen molar-refractivity contribution < 1.29 is 4.79 Å². The summed E-state index contributed by atoms with van der Waals surface area (Å²) >= 11 is 1.49. The van der Waals surface area contributed by atoms with E-state index < -0.39 is 0 Å². The molecular formula is C25H19N3O2S. The molecule has 5 rings (SSSR count). The van der Waals surface area contributed by atoms with Gasteiger partial charge in [0.05, 0.1) is 11.7 Å². The van der Waals surface area contributed by atoms with E-state index in [0.717, 1.165) is 32.5 Å². The number of aromatic nitrogens is 2. The van der Waals surface area contributed by atoms with Crippen LogP contribution >= 0.6 is 11.3 Å². The molecule has 0 aliphatic carbocycles. The molecule has 152 valence electrons. The van der Waals surface area contributed by atoms with Gasteiger partial charge in [0, 0.05) is 21.5 Å². The topological polar surface area (TPSA) is 64.0 Å². The van der Waals surface area contributed by atoms with Crippen LogP contribution in [0, 0.1) is 6.92 Å². The Bertz CT molecular complexity index is 1480. The van der Waals surface area contributed by atoms with E-state index in [0.29, 0.717) is 10.2 Å². The van der Waals surface area contributed by atoms with Crippen LogP contribution in [0.5, 0.6) is 0 Å². The Labute approximate surface area is 182 Å². The quantitative estimate of drug-likeness (QED) is 0.429. The molecule has 3 aromatic carbocycles. The summed E-state index contributed by atoms with van der Waals surface area (Å²) < 4.78 is 1.38. The third-order valence-electron chi connectivity index (χ3n) is 5.29. The second-order valence-electron chi connectivity index (χ2n) is 7.33. The first kappa shape index (κ1) is 19.2. The van der Waals surface area contributed by atoms with Gasteiger partial charge in [0.1, 0.15) is 11.4 Å². The van der Waals surface area contributed by atoms with Crippen molar-refractivity contribution in [3.8, 4) is 11.1 Å². The Kier molecular flexibility index (Phi) is 4.84. The van der Waals surface area contributed by atoms with E-state index >= 15 is 0 Å². The molecule has 0 fully saturated rings. The molecule has 0 aliphatic heterocycles. The number of anilines is 1. The minimum absolute atomic E-state index is 0.103. The van der Waals surface area contributed by atoms with Crippen molar-refractivity contribution in [2.45, 2.75) is 13.5 Å². The number of benzene rings is 3. The summed E-state index contributed by atoms with van der Waals surface area (Å²) in [7, 11) is 0. The monoisotopic (exact) mass is 425 g/mol. The predicted molar refractivity (Wildman–Crippen MR) is 127 cm³/mol. The van der Waals surface area contributed by atoms with E-state index in [-0.39, 0.29) is 18.0 Å². The summed E-state index contributed by atoms with van der Waals surface area (Å²) in [5.74, 6) is -0.271. The SMILES string of the molecule is Cc1sc2ncn(CC(=O)Nc3cccc4ccccc34)c(=O)c2c1-c1ccccc1. The van der Waals surface area contributed by atoms with Gasteiger partial charge < -0.3 is 5.32 Å². The minimum atomic E-state index is -0.271. The summed E-state index contributed by atoms with van der Waals surface area (Å²) in [5, 5.41) is 5.50. The number of amides is 1. The zero-order chi connectivity index (χ0) is 21.4. The molecule has 0 saturated heterocycles. The highest BCUT2D eigenvalue weighted by molar-refractivity contribution is 7.19. The van der Waals surface area contributed by atoms with Crippen molar-refractivity contribution in [2.75, 3.05) is 5.32 Å². The van der Waals surface area contributed by atoms with E-state index in [9.17, 15) is 9.59 Å². The van der Waals surface area contributed by atoms with Crippen LogP contribution in [0.15, 0.2) is 83.9 Å². The lowest BCUT2D eigenvalue weighted by Gasteiger charge is -2.10. The number of hydrogen-bond acceptors (Lipinski definition) is 4. The van der Waals surface area contributed by atoms with Crippen LogP contribution in [-0.2, 0) is 11.3 Å². The van der Waals surface area contributed by atoms with E-state index in [4.69, 9.17) is 0 Å². The number of carbonyl (C=O) groups excluding carboxylic acids is 1. The Morgan fingerprint density at radius 3 is 2.58 bits per heavy atom. The summed E-state index contributed by atoms with van der Waals surface area (Å²) in [6.07, 6.45) is 1.46. The highest BCUT2D eigenvalue weighted by atomic mass is 32.1. The molecule has 6 heteroatoms. The largest absolute Gasteiger partial charge is 0.324 e. The van der Waals surface area contributed by atoms with Gasteiger partial charge in [-0.05, 0) is 23.9 Å². The lowest BCUT2D eigenvalue weighted by molar-refractivity contribution is -0.116. The van der Waals surface area contributed by atoms with Gasteiger partial charge in [-0.1, -0.05) is 66.7 Å². The maximum atomic E-state index is 13.3. The molecule has 2 heterocycles. The summed E-state index contributed by atoms with van der Waals surface area (Å²) in [5.41, 5.74) is 2.38.